The molecule has 1 fully saturated rings. The summed E-state index contributed by atoms with van der Waals surface area (Å²) in [6, 6.07) is 5.86. The van der Waals surface area contributed by atoms with E-state index in [1.54, 1.807) is 6.20 Å². The van der Waals surface area contributed by atoms with Crippen molar-refractivity contribution in [1.82, 2.24) is 15.5 Å². The molecule has 0 bridgehead atoms. The highest BCUT2D eigenvalue weighted by molar-refractivity contribution is 5.97. The zero-order chi connectivity index (χ0) is 14.7. The first kappa shape index (κ1) is 14.1. The number of benzene rings is 1. The number of aromatic amines is 1. The molecule has 0 atom stereocenters. The van der Waals surface area contributed by atoms with E-state index < -0.39 is 0 Å². The van der Waals surface area contributed by atoms with Crippen LogP contribution in [0, 0.1) is 5.41 Å². The van der Waals surface area contributed by atoms with Gasteiger partial charge < -0.3 is 10.6 Å². The molecule has 0 radical (unpaired) electrons. The first-order chi connectivity index (χ1) is 10.2. The molecule has 3 N–H and O–H groups in total. The molecule has 3 rings (SSSR count). The van der Waals surface area contributed by atoms with Gasteiger partial charge in [-0.2, -0.15) is 5.10 Å². The van der Waals surface area contributed by atoms with Crippen LogP contribution in [0.5, 0.6) is 0 Å². The summed E-state index contributed by atoms with van der Waals surface area (Å²) in [7, 11) is 0. The Kier molecular flexibility index (Phi) is 3.92. The van der Waals surface area contributed by atoms with Crippen LogP contribution in [-0.4, -0.2) is 29.2 Å². The fraction of sp³-hybridized carbons (Fsp3) is 0.500. The van der Waals surface area contributed by atoms with Gasteiger partial charge in [-0.15, -0.1) is 0 Å². The number of rotatable bonds is 4. The van der Waals surface area contributed by atoms with Gasteiger partial charge in [0.15, 0.2) is 0 Å². The van der Waals surface area contributed by atoms with Crippen molar-refractivity contribution in [3.05, 3.63) is 24.4 Å². The number of nitrogens with zero attached hydrogens (tertiary/aromatic N) is 1. The summed E-state index contributed by atoms with van der Waals surface area (Å²) in [5.74, 6) is 0.157. The molecule has 2 aromatic rings. The number of H-pyrrole nitrogens is 1. The lowest BCUT2D eigenvalue weighted by molar-refractivity contribution is -0.127. The van der Waals surface area contributed by atoms with E-state index in [9.17, 15) is 4.79 Å². The maximum absolute atomic E-state index is 12.8. The summed E-state index contributed by atoms with van der Waals surface area (Å²) >= 11 is 0. The molecule has 1 aliphatic heterocycles. The van der Waals surface area contributed by atoms with Crippen LogP contribution in [-0.2, 0) is 4.79 Å². The van der Waals surface area contributed by atoms with Crippen molar-refractivity contribution >= 4 is 22.5 Å². The van der Waals surface area contributed by atoms with Gasteiger partial charge in [-0.25, -0.2) is 0 Å². The number of fused-ring (bicyclic) bond motifs is 1. The third-order valence-electron chi connectivity index (χ3n) is 4.47. The lowest BCUT2D eigenvalue weighted by atomic mass is 9.74. The molecule has 1 aliphatic rings. The second-order valence-electron chi connectivity index (χ2n) is 5.91. The van der Waals surface area contributed by atoms with Gasteiger partial charge in [0, 0.05) is 11.1 Å². The minimum absolute atomic E-state index is 0.157. The number of anilines is 1. The highest BCUT2D eigenvalue weighted by Crippen LogP contribution is 2.35. The van der Waals surface area contributed by atoms with Crippen LogP contribution in [0.25, 0.3) is 10.9 Å². The van der Waals surface area contributed by atoms with Gasteiger partial charge in [0.1, 0.15) is 0 Å². The van der Waals surface area contributed by atoms with Crippen LogP contribution >= 0.6 is 0 Å². The molecule has 2 heterocycles. The quantitative estimate of drug-likeness (QED) is 0.809. The SMILES string of the molecule is CCCC1(C(=O)Nc2ccc3cn[nH]c3c2)CCNCC1. The van der Waals surface area contributed by atoms with E-state index in [4.69, 9.17) is 0 Å². The largest absolute Gasteiger partial charge is 0.326 e. The lowest BCUT2D eigenvalue weighted by Gasteiger charge is -2.36. The zero-order valence-electron chi connectivity index (χ0n) is 12.4. The molecule has 1 saturated heterocycles. The van der Waals surface area contributed by atoms with E-state index in [2.05, 4.69) is 27.8 Å². The smallest absolute Gasteiger partial charge is 0.230 e. The minimum atomic E-state index is -0.219. The highest BCUT2D eigenvalue weighted by Gasteiger charge is 2.38. The summed E-state index contributed by atoms with van der Waals surface area (Å²) in [6.07, 6.45) is 5.60. The van der Waals surface area contributed by atoms with Gasteiger partial charge in [-0.05, 0) is 50.6 Å². The first-order valence-electron chi connectivity index (χ1n) is 7.69. The van der Waals surface area contributed by atoms with E-state index in [1.165, 1.54) is 0 Å². The van der Waals surface area contributed by atoms with Crippen molar-refractivity contribution in [2.45, 2.75) is 32.6 Å². The molecule has 5 heteroatoms. The molecule has 0 aliphatic carbocycles. The van der Waals surface area contributed by atoms with E-state index in [0.29, 0.717) is 0 Å². The van der Waals surface area contributed by atoms with Gasteiger partial charge >= 0.3 is 0 Å². The summed E-state index contributed by atoms with van der Waals surface area (Å²) in [6.45, 7) is 3.99. The predicted octanol–water partition coefficient (Wildman–Crippen LogP) is 2.67. The lowest BCUT2D eigenvalue weighted by Crippen LogP contribution is -2.44. The van der Waals surface area contributed by atoms with Crippen LogP contribution in [0.2, 0.25) is 0 Å². The van der Waals surface area contributed by atoms with E-state index in [1.807, 2.05) is 18.2 Å². The summed E-state index contributed by atoms with van der Waals surface area (Å²) in [5.41, 5.74) is 1.57. The number of carbonyl (C=O) groups is 1. The molecular weight excluding hydrogens is 264 g/mol. The Labute approximate surface area is 124 Å². The first-order valence-corrected chi connectivity index (χ1v) is 7.69. The molecule has 1 amide bonds. The fourth-order valence-electron chi connectivity index (χ4n) is 3.25. The van der Waals surface area contributed by atoms with Crippen LogP contribution in [0.3, 0.4) is 0 Å². The van der Waals surface area contributed by atoms with Crippen molar-refractivity contribution < 1.29 is 4.79 Å². The average molecular weight is 286 g/mol. The normalized spacial score (nSPS) is 17.8. The average Bonchev–Trinajstić information content (AvgIpc) is 2.96. The van der Waals surface area contributed by atoms with Crippen molar-refractivity contribution in [2.75, 3.05) is 18.4 Å². The third kappa shape index (κ3) is 2.78. The molecule has 112 valence electrons. The van der Waals surface area contributed by atoms with E-state index in [-0.39, 0.29) is 11.3 Å². The maximum atomic E-state index is 12.8. The zero-order valence-corrected chi connectivity index (χ0v) is 12.4. The highest BCUT2D eigenvalue weighted by atomic mass is 16.2. The predicted molar refractivity (Wildman–Crippen MR) is 84.2 cm³/mol. The molecule has 21 heavy (non-hydrogen) atoms. The number of hydrogen-bond acceptors (Lipinski definition) is 3. The van der Waals surface area contributed by atoms with Gasteiger partial charge in [0.25, 0.3) is 0 Å². The Balaban J connectivity index is 1.79. The number of aromatic nitrogens is 2. The topological polar surface area (TPSA) is 69.8 Å². The number of amides is 1. The number of nitrogens with one attached hydrogen (secondary N) is 3. The number of hydrogen-bond donors (Lipinski definition) is 3. The molecule has 0 unspecified atom stereocenters. The Hall–Kier alpha value is -1.88. The Morgan fingerprint density at radius 2 is 2.19 bits per heavy atom. The molecular formula is C16H22N4O. The number of piperidine rings is 1. The second kappa shape index (κ2) is 5.85. The second-order valence-corrected chi connectivity index (χ2v) is 5.91. The van der Waals surface area contributed by atoms with Crippen LogP contribution < -0.4 is 10.6 Å². The Bertz CT molecular complexity index is 622. The Morgan fingerprint density at radius 3 is 2.95 bits per heavy atom. The van der Waals surface area contributed by atoms with Gasteiger partial charge in [0.05, 0.1) is 17.1 Å². The standard InChI is InChI=1S/C16H22N4O/c1-2-5-16(6-8-17-9-7-16)15(21)19-13-4-3-12-11-18-20-14(12)10-13/h3-4,10-11,17H,2,5-9H2,1H3,(H,18,20)(H,19,21). The van der Waals surface area contributed by atoms with E-state index in [0.717, 1.165) is 55.4 Å². The van der Waals surface area contributed by atoms with Gasteiger partial charge in [0.2, 0.25) is 5.91 Å². The van der Waals surface area contributed by atoms with Gasteiger partial charge in [-0.3, -0.25) is 9.89 Å². The summed E-state index contributed by atoms with van der Waals surface area (Å²) < 4.78 is 0. The van der Waals surface area contributed by atoms with Crippen molar-refractivity contribution in [3.8, 4) is 0 Å². The molecule has 5 nitrogen and oxygen atoms in total. The van der Waals surface area contributed by atoms with Crippen molar-refractivity contribution in [1.29, 1.82) is 0 Å². The Morgan fingerprint density at radius 1 is 1.38 bits per heavy atom. The van der Waals surface area contributed by atoms with Crippen LogP contribution in [0.15, 0.2) is 24.4 Å². The number of carbonyl (C=O) groups excluding carboxylic acids is 1. The fourth-order valence-corrected chi connectivity index (χ4v) is 3.25. The minimum Gasteiger partial charge on any atom is -0.326 e. The summed E-state index contributed by atoms with van der Waals surface area (Å²) in [4.78, 5) is 12.8. The third-order valence-corrected chi connectivity index (χ3v) is 4.47. The summed E-state index contributed by atoms with van der Waals surface area (Å²) in [5, 5.41) is 14.4. The maximum Gasteiger partial charge on any atom is 0.230 e. The van der Waals surface area contributed by atoms with E-state index >= 15 is 0 Å². The van der Waals surface area contributed by atoms with Crippen LogP contribution in [0.1, 0.15) is 32.6 Å². The molecule has 0 spiro atoms. The van der Waals surface area contributed by atoms with Crippen LogP contribution in [0.4, 0.5) is 5.69 Å². The molecule has 1 aromatic carbocycles. The molecule has 1 aromatic heterocycles. The monoisotopic (exact) mass is 286 g/mol. The molecule has 0 saturated carbocycles. The van der Waals surface area contributed by atoms with Crippen molar-refractivity contribution in [3.63, 3.8) is 0 Å². The van der Waals surface area contributed by atoms with Gasteiger partial charge in [-0.1, -0.05) is 13.3 Å². The van der Waals surface area contributed by atoms with Crippen molar-refractivity contribution in [2.24, 2.45) is 5.41 Å².